The third-order valence-electron chi connectivity index (χ3n) is 4.02. The highest BCUT2D eigenvalue weighted by atomic mass is 35.5. The van der Waals surface area contributed by atoms with Crippen molar-refractivity contribution in [3.63, 3.8) is 0 Å². The van der Waals surface area contributed by atoms with E-state index in [4.69, 9.17) is 22.1 Å². The largest absolute Gasteiger partial charge is 0.462 e. The van der Waals surface area contributed by atoms with Gasteiger partial charge >= 0.3 is 5.97 Å². The van der Waals surface area contributed by atoms with Gasteiger partial charge in [0.05, 0.1) is 6.61 Å². The lowest BCUT2D eigenvalue weighted by Crippen LogP contribution is -2.83. The lowest BCUT2D eigenvalue weighted by Gasteiger charge is -2.13. The Kier molecular flexibility index (Phi) is 7.02. The number of nitrogens with one attached hydrogen (secondary N) is 1. The molecule has 8 heteroatoms. The van der Waals surface area contributed by atoms with E-state index in [0.29, 0.717) is 22.0 Å². The van der Waals surface area contributed by atoms with E-state index in [9.17, 15) is 9.59 Å². The molecule has 1 aromatic carbocycles. The number of hydrogen-bond donors (Lipinski definition) is 3. The third-order valence-corrected chi connectivity index (χ3v) is 5.42. The maximum absolute atomic E-state index is 12.3. The zero-order valence-electron chi connectivity index (χ0n) is 15.0. The summed E-state index contributed by atoms with van der Waals surface area (Å²) in [5, 5.41) is 5.57. The van der Waals surface area contributed by atoms with Crippen molar-refractivity contribution in [2.75, 3.05) is 19.4 Å². The summed E-state index contributed by atoms with van der Waals surface area (Å²) in [6.45, 7) is 4.38. The predicted molar refractivity (Wildman–Crippen MR) is 104 cm³/mol. The lowest BCUT2D eigenvalue weighted by atomic mass is 10.1. The summed E-state index contributed by atoms with van der Waals surface area (Å²) in [4.78, 5) is 24.9. The number of carbonyl (C=O) groups is 2. The molecular weight excluding hydrogens is 374 g/mol. The SMILES string of the molecule is CCOC(=O)c1c(N)sc(C(=O)NC)c1C[NH2+][C@@H](C)c1ccccc1Cl. The van der Waals surface area contributed by atoms with Crippen LogP contribution in [0.2, 0.25) is 5.02 Å². The summed E-state index contributed by atoms with van der Waals surface area (Å²) in [6, 6.07) is 7.63. The summed E-state index contributed by atoms with van der Waals surface area (Å²) < 4.78 is 5.11. The number of anilines is 1. The molecule has 0 radical (unpaired) electrons. The summed E-state index contributed by atoms with van der Waals surface area (Å²) in [6.07, 6.45) is 0. The molecule has 1 aromatic heterocycles. The van der Waals surface area contributed by atoms with Gasteiger partial charge in [-0.15, -0.1) is 11.3 Å². The fourth-order valence-corrected chi connectivity index (χ4v) is 4.01. The summed E-state index contributed by atoms with van der Waals surface area (Å²) in [5.41, 5.74) is 7.86. The summed E-state index contributed by atoms with van der Waals surface area (Å²) >= 11 is 7.35. The van der Waals surface area contributed by atoms with Gasteiger partial charge < -0.3 is 21.1 Å². The van der Waals surface area contributed by atoms with Crippen LogP contribution in [0, 0.1) is 0 Å². The molecule has 0 aliphatic carbocycles. The number of esters is 1. The van der Waals surface area contributed by atoms with Gasteiger partial charge in [0, 0.05) is 23.2 Å². The molecule has 6 nitrogen and oxygen atoms in total. The first-order valence-electron chi connectivity index (χ1n) is 8.28. The molecule has 0 aliphatic rings. The molecule has 1 heterocycles. The van der Waals surface area contributed by atoms with Crippen LogP contribution in [0.1, 0.15) is 51.0 Å². The van der Waals surface area contributed by atoms with Gasteiger partial charge in [-0.05, 0) is 19.9 Å². The Morgan fingerprint density at radius 3 is 2.69 bits per heavy atom. The average Bonchev–Trinajstić information content (AvgIpc) is 2.96. The quantitative estimate of drug-likeness (QED) is 0.625. The number of hydrogen-bond acceptors (Lipinski definition) is 5. The normalized spacial score (nSPS) is 11.8. The zero-order valence-corrected chi connectivity index (χ0v) is 16.5. The first-order valence-corrected chi connectivity index (χ1v) is 9.48. The molecule has 2 aromatic rings. The molecule has 1 atom stereocenters. The van der Waals surface area contributed by atoms with E-state index in [1.54, 1.807) is 14.0 Å². The number of amides is 1. The Balaban J connectivity index is 2.32. The summed E-state index contributed by atoms with van der Waals surface area (Å²) in [7, 11) is 1.54. The highest BCUT2D eigenvalue weighted by Crippen LogP contribution is 2.31. The van der Waals surface area contributed by atoms with E-state index in [1.807, 2.05) is 36.5 Å². The minimum atomic E-state index is -0.509. The van der Waals surface area contributed by atoms with Gasteiger partial charge in [0.15, 0.2) is 0 Å². The average molecular weight is 397 g/mol. The molecular formula is C18H23ClN3O3S+. The van der Waals surface area contributed by atoms with Crippen molar-refractivity contribution in [1.29, 1.82) is 0 Å². The molecule has 0 fully saturated rings. The van der Waals surface area contributed by atoms with E-state index >= 15 is 0 Å². The molecule has 0 bridgehead atoms. The molecule has 0 saturated heterocycles. The molecule has 0 unspecified atom stereocenters. The Labute approximate surface area is 161 Å². The number of benzene rings is 1. The van der Waals surface area contributed by atoms with E-state index < -0.39 is 5.97 Å². The van der Waals surface area contributed by atoms with Crippen LogP contribution in [0.5, 0.6) is 0 Å². The van der Waals surface area contributed by atoms with Crippen molar-refractivity contribution < 1.29 is 19.6 Å². The standard InChI is InChI=1S/C18H22ClN3O3S/c1-4-25-18(24)14-12(15(17(23)21-3)26-16(14)20)9-22-10(2)11-7-5-6-8-13(11)19/h5-8,10,22H,4,9,20H2,1-3H3,(H,21,23)/p+1/t10-/m0/s1. The van der Waals surface area contributed by atoms with Crippen LogP contribution < -0.4 is 16.4 Å². The predicted octanol–water partition coefficient (Wildman–Crippen LogP) is 2.34. The molecule has 0 spiro atoms. The minimum Gasteiger partial charge on any atom is -0.462 e. The Bertz CT molecular complexity index is 807. The van der Waals surface area contributed by atoms with Crippen molar-refractivity contribution in [2.45, 2.75) is 26.4 Å². The Hall–Kier alpha value is -2.09. The number of thiophene rings is 1. The monoisotopic (exact) mass is 396 g/mol. The van der Waals surface area contributed by atoms with Crippen LogP contribution in [-0.2, 0) is 11.3 Å². The fraction of sp³-hybridized carbons (Fsp3) is 0.333. The molecule has 140 valence electrons. The first kappa shape index (κ1) is 20.2. The van der Waals surface area contributed by atoms with Crippen LogP contribution >= 0.6 is 22.9 Å². The zero-order chi connectivity index (χ0) is 19.3. The molecule has 0 aliphatic heterocycles. The van der Waals surface area contributed by atoms with Crippen LogP contribution in [0.25, 0.3) is 0 Å². The van der Waals surface area contributed by atoms with E-state index in [2.05, 4.69) is 5.32 Å². The van der Waals surface area contributed by atoms with Crippen LogP contribution in [0.15, 0.2) is 24.3 Å². The number of ether oxygens (including phenoxy) is 1. The highest BCUT2D eigenvalue weighted by molar-refractivity contribution is 7.18. The second-order valence-corrected chi connectivity index (χ2v) is 7.16. The highest BCUT2D eigenvalue weighted by Gasteiger charge is 2.28. The molecule has 1 amide bonds. The van der Waals surface area contributed by atoms with Crippen molar-refractivity contribution in [2.24, 2.45) is 0 Å². The number of rotatable bonds is 7. The van der Waals surface area contributed by atoms with Crippen molar-refractivity contribution in [3.8, 4) is 0 Å². The fourth-order valence-electron chi connectivity index (χ4n) is 2.67. The number of nitrogens with two attached hydrogens (primary N) is 2. The van der Waals surface area contributed by atoms with Gasteiger partial charge in [-0.3, -0.25) is 4.79 Å². The number of nitrogen functional groups attached to an aromatic ring is 1. The van der Waals surface area contributed by atoms with E-state index in [-0.39, 0.29) is 29.1 Å². The maximum Gasteiger partial charge on any atom is 0.341 e. The van der Waals surface area contributed by atoms with Gasteiger partial charge in [0.1, 0.15) is 28.0 Å². The van der Waals surface area contributed by atoms with Crippen LogP contribution in [-0.4, -0.2) is 25.5 Å². The van der Waals surface area contributed by atoms with Gasteiger partial charge in [-0.1, -0.05) is 29.8 Å². The van der Waals surface area contributed by atoms with Gasteiger partial charge in [0.25, 0.3) is 5.91 Å². The maximum atomic E-state index is 12.3. The second kappa shape index (κ2) is 9.02. The molecule has 2 rings (SSSR count). The first-order chi connectivity index (χ1) is 12.4. The molecule has 26 heavy (non-hydrogen) atoms. The van der Waals surface area contributed by atoms with Crippen LogP contribution in [0.4, 0.5) is 5.00 Å². The van der Waals surface area contributed by atoms with Gasteiger partial charge in [-0.2, -0.15) is 0 Å². The van der Waals surface area contributed by atoms with Gasteiger partial charge in [-0.25, -0.2) is 4.79 Å². The van der Waals surface area contributed by atoms with E-state index in [0.717, 1.165) is 16.9 Å². The third kappa shape index (κ3) is 4.35. The Morgan fingerprint density at radius 1 is 1.38 bits per heavy atom. The van der Waals surface area contributed by atoms with Crippen molar-refractivity contribution in [3.05, 3.63) is 50.9 Å². The molecule has 0 saturated carbocycles. The number of quaternary nitrogens is 1. The summed E-state index contributed by atoms with van der Waals surface area (Å²) in [5.74, 6) is -0.781. The Morgan fingerprint density at radius 2 is 2.08 bits per heavy atom. The number of carbonyl (C=O) groups excluding carboxylic acids is 2. The van der Waals surface area contributed by atoms with Crippen molar-refractivity contribution in [1.82, 2.24) is 5.32 Å². The lowest BCUT2D eigenvalue weighted by molar-refractivity contribution is -0.707. The van der Waals surface area contributed by atoms with Gasteiger partial charge in [0.2, 0.25) is 0 Å². The second-order valence-electron chi connectivity index (χ2n) is 5.70. The number of halogens is 1. The smallest absolute Gasteiger partial charge is 0.341 e. The minimum absolute atomic E-state index is 0.0393. The molecule has 5 N–H and O–H groups in total. The van der Waals surface area contributed by atoms with Crippen molar-refractivity contribution >= 4 is 39.8 Å². The van der Waals surface area contributed by atoms with E-state index in [1.165, 1.54) is 0 Å². The van der Waals surface area contributed by atoms with Crippen LogP contribution in [0.3, 0.4) is 0 Å². The topological polar surface area (TPSA) is 98.0 Å².